The van der Waals surface area contributed by atoms with Crippen molar-refractivity contribution in [3.8, 4) is 11.5 Å². The highest BCUT2D eigenvalue weighted by Crippen LogP contribution is 2.28. The van der Waals surface area contributed by atoms with Crippen LogP contribution in [0.2, 0.25) is 0 Å². The fraction of sp³-hybridized carbons (Fsp3) is 0.350. The van der Waals surface area contributed by atoms with Crippen molar-refractivity contribution in [2.45, 2.75) is 32.1 Å². The number of nitrogens with two attached hydrogens (primary N) is 1. The summed E-state index contributed by atoms with van der Waals surface area (Å²) in [7, 11) is 0. The fourth-order valence-corrected chi connectivity index (χ4v) is 3.41. The van der Waals surface area contributed by atoms with Gasteiger partial charge in [0.1, 0.15) is 22.7 Å². The number of hydrogen-bond acceptors (Lipinski definition) is 6. The van der Waals surface area contributed by atoms with Crippen molar-refractivity contribution in [3.05, 3.63) is 42.2 Å². The van der Waals surface area contributed by atoms with E-state index in [0.717, 1.165) is 12.1 Å². The highest BCUT2D eigenvalue weighted by Gasteiger charge is 2.15. The minimum absolute atomic E-state index is 0.155. The van der Waals surface area contributed by atoms with Crippen LogP contribution in [0.25, 0.3) is 11.1 Å². The van der Waals surface area contributed by atoms with Crippen LogP contribution in [0.5, 0.6) is 11.5 Å². The van der Waals surface area contributed by atoms with E-state index in [2.05, 4.69) is 15.3 Å². The van der Waals surface area contributed by atoms with Gasteiger partial charge in [0, 0.05) is 24.9 Å². The Morgan fingerprint density at radius 1 is 1.19 bits per heavy atom. The number of pyridine rings is 1. The normalized spacial score (nSPS) is 15.0. The minimum atomic E-state index is -0.597. The van der Waals surface area contributed by atoms with Gasteiger partial charge in [-0.1, -0.05) is 19.3 Å². The Kier molecular flexibility index (Phi) is 4.91. The molecule has 0 radical (unpaired) electrons. The maximum absolute atomic E-state index is 11.2. The summed E-state index contributed by atoms with van der Waals surface area (Å²) in [6.07, 6.45) is 7.99. The molecule has 1 aromatic carbocycles. The average Bonchev–Trinajstić information content (AvgIpc) is 3.09. The summed E-state index contributed by atoms with van der Waals surface area (Å²) in [5.74, 6) is 1.16. The maximum Gasteiger partial charge on any atom is 0.295 e. The number of carbonyl (C=O) groups is 1. The summed E-state index contributed by atoms with van der Waals surface area (Å²) in [4.78, 5) is 19.6. The summed E-state index contributed by atoms with van der Waals surface area (Å²) >= 11 is 0. The molecule has 4 rings (SSSR count). The first-order valence-electron chi connectivity index (χ1n) is 9.25. The molecule has 3 aromatic rings. The van der Waals surface area contributed by atoms with Gasteiger partial charge in [0.05, 0.1) is 0 Å². The van der Waals surface area contributed by atoms with E-state index >= 15 is 0 Å². The molecular formula is C20H22N4O3. The van der Waals surface area contributed by atoms with Gasteiger partial charge in [0.15, 0.2) is 5.58 Å². The predicted octanol–water partition coefficient (Wildman–Crippen LogP) is 4.11. The Morgan fingerprint density at radius 3 is 2.81 bits per heavy atom. The monoisotopic (exact) mass is 366 g/mol. The number of anilines is 1. The number of hydrogen-bond donors (Lipinski definition) is 2. The van der Waals surface area contributed by atoms with Crippen molar-refractivity contribution < 1.29 is 13.9 Å². The van der Waals surface area contributed by atoms with Gasteiger partial charge in [-0.3, -0.25) is 9.78 Å². The zero-order valence-corrected chi connectivity index (χ0v) is 15.0. The molecule has 3 N–H and O–H groups in total. The topological polar surface area (TPSA) is 103 Å². The number of nitrogens with zero attached hydrogens (tertiary/aromatic N) is 2. The largest absolute Gasteiger partial charge is 0.457 e. The van der Waals surface area contributed by atoms with Crippen LogP contribution in [-0.2, 0) is 0 Å². The Labute approximate surface area is 156 Å². The predicted molar refractivity (Wildman–Crippen MR) is 102 cm³/mol. The number of ether oxygens (including phenoxy) is 1. The van der Waals surface area contributed by atoms with Crippen LogP contribution in [0.1, 0.15) is 42.6 Å². The van der Waals surface area contributed by atoms with Crippen molar-refractivity contribution in [2.24, 2.45) is 11.7 Å². The van der Waals surface area contributed by atoms with Crippen molar-refractivity contribution in [1.29, 1.82) is 0 Å². The molecule has 1 fully saturated rings. The summed E-state index contributed by atoms with van der Waals surface area (Å²) in [6.45, 7) is 0.892. The highest BCUT2D eigenvalue weighted by molar-refractivity contribution is 5.91. The number of rotatable bonds is 6. The second-order valence-electron chi connectivity index (χ2n) is 6.88. The van der Waals surface area contributed by atoms with Crippen LogP contribution in [0.3, 0.4) is 0 Å². The number of benzene rings is 1. The van der Waals surface area contributed by atoms with Gasteiger partial charge in [0.25, 0.3) is 11.9 Å². The third-order valence-electron chi connectivity index (χ3n) is 4.85. The number of oxazole rings is 1. The molecule has 2 aromatic heterocycles. The molecule has 0 unspecified atom stereocenters. The number of aromatic nitrogens is 2. The zero-order chi connectivity index (χ0) is 18.6. The fourth-order valence-electron chi connectivity index (χ4n) is 3.41. The lowest BCUT2D eigenvalue weighted by molar-refractivity contribution is 0.0995. The van der Waals surface area contributed by atoms with Gasteiger partial charge >= 0.3 is 0 Å². The van der Waals surface area contributed by atoms with E-state index < -0.39 is 5.91 Å². The molecule has 1 aliphatic rings. The first-order chi connectivity index (χ1) is 13.2. The second kappa shape index (κ2) is 7.65. The molecule has 2 heterocycles. The number of fused-ring (bicyclic) bond motifs is 1. The average molecular weight is 366 g/mol. The molecule has 1 amide bonds. The minimum Gasteiger partial charge on any atom is -0.457 e. The summed E-state index contributed by atoms with van der Waals surface area (Å²) in [5, 5.41) is 3.31. The van der Waals surface area contributed by atoms with E-state index in [4.69, 9.17) is 14.9 Å². The van der Waals surface area contributed by atoms with E-state index in [1.165, 1.54) is 44.4 Å². The smallest absolute Gasteiger partial charge is 0.295 e. The standard InChI is InChI=1S/C20H22N4O3/c21-19(25)17-10-15(8-9-22-17)26-14-6-7-16-18(11-14)27-20(24-16)23-12-13-4-2-1-3-5-13/h6-11,13H,1-5,12H2,(H2,21,25)(H,23,24). The molecule has 0 atom stereocenters. The molecule has 0 bridgehead atoms. The van der Waals surface area contributed by atoms with Gasteiger partial charge in [0.2, 0.25) is 0 Å². The van der Waals surface area contributed by atoms with Gasteiger partial charge in [-0.05, 0) is 37.0 Å². The van der Waals surface area contributed by atoms with Crippen LogP contribution < -0.4 is 15.8 Å². The molecule has 0 saturated heterocycles. The Morgan fingerprint density at radius 2 is 2.00 bits per heavy atom. The lowest BCUT2D eigenvalue weighted by Crippen LogP contribution is -2.17. The molecule has 0 aliphatic heterocycles. The van der Waals surface area contributed by atoms with Crippen molar-refractivity contribution in [1.82, 2.24) is 9.97 Å². The van der Waals surface area contributed by atoms with Crippen LogP contribution in [0.4, 0.5) is 6.01 Å². The van der Waals surface area contributed by atoms with Gasteiger partial charge < -0.3 is 20.2 Å². The SMILES string of the molecule is NC(=O)c1cc(Oc2ccc3nc(NCC4CCCCC4)oc3c2)ccn1. The Balaban J connectivity index is 1.45. The van der Waals surface area contributed by atoms with E-state index in [-0.39, 0.29) is 5.69 Å². The van der Waals surface area contributed by atoms with Crippen molar-refractivity contribution in [2.75, 3.05) is 11.9 Å². The molecular weight excluding hydrogens is 344 g/mol. The van der Waals surface area contributed by atoms with Crippen LogP contribution in [-0.4, -0.2) is 22.4 Å². The lowest BCUT2D eigenvalue weighted by Gasteiger charge is -2.21. The van der Waals surface area contributed by atoms with E-state index in [1.807, 2.05) is 6.07 Å². The number of nitrogens with one attached hydrogen (secondary N) is 1. The number of amides is 1. The molecule has 1 saturated carbocycles. The molecule has 7 nitrogen and oxygen atoms in total. The summed E-state index contributed by atoms with van der Waals surface area (Å²) < 4.78 is 11.6. The molecule has 7 heteroatoms. The van der Waals surface area contributed by atoms with Crippen LogP contribution >= 0.6 is 0 Å². The Bertz CT molecular complexity index is 947. The number of primary amides is 1. The van der Waals surface area contributed by atoms with Crippen molar-refractivity contribution in [3.63, 3.8) is 0 Å². The zero-order valence-electron chi connectivity index (χ0n) is 15.0. The third kappa shape index (κ3) is 4.19. The second-order valence-corrected chi connectivity index (χ2v) is 6.88. The summed E-state index contributed by atoms with van der Waals surface area (Å²) in [5.41, 5.74) is 6.81. The third-order valence-corrected chi connectivity index (χ3v) is 4.85. The van der Waals surface area contributed by atoms with Crippen molar-refractivity contribution >= 4 is 23.0 Å². The van der Waals surface area contributed by atoms with Crippen LogP contribution in [0.15, 0.2) is 40.9 Å². The van der Waals surface area contributed by atoms with Gasteiger partial charge in [-0.2, -0.15) is 4.98 Å². The quantitative estimate of drug-likeness (QED) is 0.680. The lowest BCUT2D eigenvalue weighted by atomic mass is 9.89. The number of carbonyl (C=O) groups excluding carboxylic acids is 1. The van der Waals surface area contributed by atoms with Gasteiger partial charge in [-0.25, -0.2) is 0 Å². The highest BCUT2D eigenvalue weighted by atomic mass is 16.5. The molecule has 0 spiro atoms. The summed E-state index contributed by atoms with van der Waals surface area (Å²) in [6, 6.07) is 9.13. The molecule has 1 aliphatic carbocycles. The van der Waals surface area contributed by atoms with Crippen LogP contribution in [0, 0.1) is 5.92 Å². The molecule has 140 valence electrons. The van der Waals surface area contributed by atoms with Gasteiger partial charge in [-0.15, -0.1) is 0 Å². The first kappa shape index (κ1) is 17.3. The van der Waals surface area contributed by atoms with E-state index in [0.29, 0.717) is 29.0 Å². The molecule has 27 heavy (non-hydrogen) atoms. The first-order valence-corrected chi connectivity index (χ1v) is 9.25. The Hall–Kier alpha value is -3.09. The maximum atomic E-state index is 11.2. The van der Waals surface area contributed by atoms with E-state index in [1.54, 1.807) is 18.2 Å². The van der Waals surface area contributed by atoms with E-state index in [9.17, 15) is 4.79 Å².